The molecular formula is C10H11NO6S3. The van der Waals surface area contributed by atoms with Crippen molar-refractivity contribution in [1.29, 1.82) is 0 Å². The van der Waals surface area contributed by atoms with Crippen LogP contribution in [0.25, 0.3) is 10.2 Å². The Balaban J connectivity index is 0.000000286. The number of hydrogen-bond donors (Lipinski definition) is 1. The molecule has 0 spiro atoms. The van der Waals surface area contributed by atoms with Gasteiger partial charge in [-0.3, -0.25) is 4.18 Å². The highest BCUT2D eigenvalue weighted by molar-refractivity contribution is 8.14. The molecule has 1 heterocycles. The molecule has 7 nitrogen and oxygen atoms in total. The van der Waals surface area contributed by atoms with Crippen LogP contribution in [0.5, 0.6) is 0 Å². The summed E-state index contributed by atoms with van der Waals surface area (Å²) in [5, 5.41) is 7.80. The third-order valence-electron chi connectivity index (χ3n) is 2.08. The summed E-state index contributed by atoms with van der Waals surface area (Å²) in [6.45, 7) is 0. The summed E-state index contributed by atoms with van der Waals surface area (Å²) in [6.07, 6.45) is 0. The minimum absolute atomic E-state index is 0.790. The van der Waals surface area contributed by atoms with Gasteiger partial charge in [0.1, 0.15) is 11.7 Å². The van der Waals surface area contributed by atoms with Crippen LogP contribution in [0.15, 0.2) is 28.6 Å². The molecule has 2 rings (SSSR count). The SMILES string of the molecule is COS(=O)(=O)[O-].C[n+]1c(SC(=O)O)sc2ccccc21. The van der Waals surface area contributed by atoms with Crippen LogP contribution in [-0.2, 0) is 21.6 Å². The van der Waals surface area contributed by atoms with Gasteiger partial charge in [0, 0.05) is 6.07 Å². The maximum absolute atomic E-state index is 10.6. The molecule has 0 bridgehead atoms. The lowest BCUT2D eigenvalue weighted by Gasteiger charge is -1.98. The van der Waals surface area contributed by atoms with Gasteiger partial charge in [-0.05, 0) is 6.07 Å². The lowest BCUT2D eigenvalue weighted by atomic mass is 10.3. The van der Waals surface area contributed by atoms with Crippen LogP contribution in [0.4, 0.5) is 4.79 Å². The van der Waals surface area contributed by atoms with E-state index in [1.807, 2.05) is 35.9 Å². The molecule has 0 saturated heterocycles. The third-order valence-corrected chi connectivity index (χ3v) is 4.62. The molecule has 1 aromatic heterocycles. The molecular weight excluding hydrogens is 326 g/mol. The standard InChI is InChI=1S/C9H7NO2S2.CH4O4S/c1-10-6-4-2-3-5-7(6)13-8(10)14-9(11)12;1-5-6(2,3)4/h2-5H,1H3;1H3,(H,2,3,4). The van der Waals surface area contributed by atoms with Crippen molar-refractivity contribution >= 4 is 49.0 Å². The lowest BCUT2D eigenvalue weighted by molar-refractivity contribution is -0.676. The normalized spacial score (nSPS) is 10.9. The summed E-state index contributed by atoms with van der Waals surface area (Å²) >= 11 is 2.35. The van der Waals surface area contributed by atoms with Crippen molar-refractivity contribution in [3.63, 3.8) is 0 Å². The highest BCUT2D eigenvalue weighted by Gasteiger charge is 2.19. The highest BCUT2D eigenvalue weighted by Crippen LogP contribution is 2.27. The quantitative estimate of drug-likeness (QED) is 0.384. The summed E-state index contributed by atoms with van der Waals surface area (Å²) in [6, 6.07) is 7.88. The Kier molecular flexibility index (Phi) is 5.89. The zero-order valence-corrected chi connectivity index (χ0v) is 12.9. The first-order valence-corrected chi connectivity index (χ1v) is 8.01. The molecule has 0 unspecified atom stereocenters. The van der Waals surface area contributed by atoms with Crippen LogP contribution in [0.3, 0.4) is 0 Å². The summed E-state index contributed by atoms with van der Waals surface area (Å²) < 4.78 is 34.8. The number of benzene rings is 1. The average Bonchev–Trinajstić information content (AvgIpc) is 2.66. The minimum atomic E-state index is -4.41. The van der Waals surface area contributed by atoms with Gasteiger partial charge in [-0.25, -0.2) is 13.2 Å². The number of thioether (sulfide) groups is 1. The lowest BCUT2D eigenvalue weighted by Crippen LogP contribution is -2.28. The highest BCUT2D eigenvalue weighted by atomic mass is 32.3. The van der Waals surface area contributed by atoms with Crippen molar-refractivity contribution in [1.82, 2.24) is 0 Å². The van der Waals surface area contributed by atoms with E-state index in [1.54, 1.807) is 0 Å². The Morgan fingerprint density at radius 1 is 1.45 bits per heavy atom. The van der Waals surface area contributed by atoms with E-state index in [2.05, 4.69) is 4.18 Å². The molecule has 0 saturated carbocycles. The van der Waals surface area contributed by atoms with Crippen molar-refractivity contribution in [2.75, 3.05) is 7.11 Å². The van der Waals surface area contributed by atoms with Gasteiger partial charge in [-0.1, -0.05) is 23.5 Å². The van der Waals surface area contributed by atoms with E-state index in [9.17, 15) is 17.8 Å². The second-order valence-electron chi connectivity index (χ2n) is 3.34. The van der Waals surface area contributed by atoms with Gasteiger partial charge in [-0.15, -0.1) is 0 Å². The Labute approximate surface area is 123 Å². The molecule has 1 N–H and O–H groups in total. The fourth-order valence-corrected chi connectivity index (χ4v) is 3.16. The Morgan fingerprint density at radius 2 is 2.00 bits per heavy atom. The molecule has 110 valence electrons. The molecule has 0 aliphatic heterocycles. The van der Waals surface area contributed by atoms with Gasteiger partial charge >= 0.3 is 9.64 Å². The maximum atomic E-state index is 10.6. The topological polar surface area (TPSA) is 108 Å². The second kappa shape index (κ2) is 6.99. The number of nitrogens with zero attached hydrogens (tertiary/aromatic N) is 1. The molecule has 20 heavy (non-hydrogen) atoms. The summed E-state index contributed by atoms with van der Waals surface area (Å²) in [5.74, 6) is 0. The molecule has 0 atom stereocenters. The van der Waals surface area contributed by atoms with Crippen molar-refractivity contribution in [3.05, 3.63) is 24.3 Å². The second-order valence-corrected chi connectivity index (χ2v) is 6.72. The van der Waals surface area contributed by atoms with E-state index in [-0.39, 0.29) is 0 Å². The Morgan fingerprint density at radius 3 is 2.45 bits per heavy atom. The van der Waals surface area contributed by atoms with Gasteiger partial charge < -0.3 is 9.66 Å². The van der Waals surface area contributed by atoms with Crippen LogP contribution in [0, 0.1) is 0 Å². The van der Waals surface area contributed by atoms with Crippen LogP contribution in [0.2, 0.25) is 0 Å². The third kappa shape index (κ3) is 5.06. The first-order valence-electron chi connectivity index (χ1n) is 5.04. The number of rotatable bonds is 2. The molecule has 0 fully saturated rings. The van der Waals surface area contributed by atoms with Crippen LogP contribution >= 0.6 is 23.1 Å². The van der Waals surface area contributed by atoms with E-state index in [0.717, 1.165) is 33.4 Å². The predicted octanol–water partition coefficient (Wildman–Crippen LogP) is 1.59. The predicted molar refractivity (Wildman–Crippen MR) is 73.6 cm³/mol. The largest absolute Gasteiger partial charge is 0.726 e. The first-order chi connectivity index (χ1) is 9.24. The average molecular weight is 337 g/mol. The van der Waals surface area contributed by atoms with Crippen molar-refractivity contribution in [2.45, 2.75) is 4.34 Å². The van der Waals surface area contributed by atoms with Crippen molar-refractivity contribution < 1.29 is 31.6 Å². The van der Waals surface area contributed by atoms with E-state index < -0.39 is 15.7 Å². The number of aryl methyl sites for hydroxylation is 1. The van der Waals surface area contributed by atoms with E-state index in [4.69, 9.17) is 5.11 Å². The van der Waals surface area contributed by atoms with Crippen LogP contribution in [-0.4, -0.2) is 30.5 Å². The number of aromatic nitrogens is 1. The zero-order valence-electron chi connectivity index (χ0n) is 10.5. The molecule has 1 aromatic carbocycles. The van der Waals surface area contributed by atoms with E-state index in [0.29, 0.717) is 0 Å². The van der Waals surface area contributed by atoms with Crippen LogP contribution < -0.4 is 4.57 Å². The number of para-hydroxylation sites is 1. The first kappa shape index (κ1) is 16.9. The Bertz CT molecular complexity index is 709. The van der Waals surface area contributed by atoms with Crippen molar-refractivity contribution in [2.24, 2.45) is 7.05 Å². The smallest absolute Gasteiger partial charge is 0.376 e. The van der Waals surface area contributed by atoms with Crippen LogP contribution in [0.1, 0.15) is 0 Å². The fourth-order valence-electron chi connectivity index (χ4n) is 1.25. The minimum Gasteiger partial charge on any atom is -0.726 e. The zero-order chi connectivity index (χ0) is 15.3. The summed E-state index contributed by atoms with van der Waals surface area (Å²) in [7, 11) is -1.73. The number of carboxylic acid groups (broad SMARTS) is 1. The van der Waals surface area contributed by atoms with Gasteiger partial charge in [0.25, 0.3) is 0 Å². The summed E-state index contributed by atoms with van der Waals surface area (Å²) in [5.41, 5.74) is 1.07. The number of carbonyl (C=O) groups is 1. The molecule has 0 aliphatic carbocycles. The number of hydrogen-bond acceptors (Lipinski definition) is 7. The molecule has 0 radical (unpaired) electrons. The van der Waals surface area contributed by atoms with Gasteiger partial charge in [0.2, 0.25) is 15.9 Å². The molecule has 2 aromatic rings. The number of thiazole rings is 1. The van der Waals surface area contributed by atoms with Gasteiger partial charge in [0.05, 0.1) is 18.9 Å². The van der Waals surface area contributed by atoms with Gasteiger partial charge in [-0.2, -0.15) is 4.57 Å². The van der Waals surface area contributed by atoms with Gasteiger partial charge in [0.15, 0.2) is 0 Å². The summed E-state index contributed by atoms with van der Waals surface area (Å²) in [4.78, 5) is 10.6. The number of fused-ring (bicyclic) bond motifs is 1. The maximum Gasteiger partial charge on any atom is 0.376 e. The van der Waals surface area contributed by atoms with E-state index >= 15 is 0 Å². The van der Waals surface area contributed by atoms with Crippen molar-refractivity contribution in [3.8, 4) is 0 Å². The molecule has 0 amide bonds. The monoisotopic (exact) mass is 337 g/mol. The molecule has 10 heteroatoms. The fraction of sp³-hybridized carbons (Fsp3) is 0.200. The molecule has 0 aliphatic rings. The van der Waals surface area contributed by atoms with E-state index in [1.165, 1.54) is 11.3 Å². The Hall–Kier alpha value is -1.20.